The van der Waals surface area contributed by atoms with E-state index in [0.29, 0.717) is 21.6 Å². The lowest BCUT2D eigenvalue weighted by Crippen LogP contribution is -2.33. The summed E-state index contributed by atoms with van der Waals surface area (Å²) in [6, 6.07) is 20.3. The van der Waals surface area contributed by atoms with Crippen molar-refractivity contribution in [3.63, 3.8) is 0 Å². The average molecular weight is 618 g/mol. The van der Waals surface area contributed by atoms with Crippen LogP contribution in [0.2, 0.25) is 0 Å². The lowest BCUT2D eigenvalue weighted by Gasteiger charge is -2.14. The molecule has 0 atom stereocenters. The van der Waals surface area contributed by atoms with E-state index in [2.05, 4.69) is 41.7 Å². The third-order valence-electron chi connectivity index (χ3n) is 7.01. The Morgan fingerprint density at radius 1 is 0.935 bits per heavy atom. The molecule has 0 fully saturated rings. The standard InChI is InChI=1S/C32H27N9O5/c1-4-46-30(43)26-25-17-33-41(29(42)27(25)40(38-26)23-10-7-9-20(16-23)28-35-31(44)37-36-28)32(45)34-22-14-12-19(13-15-22)24-11-6-5-8-21(24)18-39(2)3/h5-17H,4,18H2,1-3H3,(H,34,45). The lowest BCUT2D eigenvalue weighted by atomic mass is 9.99. The van der Waals surface area contributed by atoms with E-state index in [9.17, 15) is 19.2 Å². The second-order valence-electron chi connectivity index (χ2n) is 10.5. The molecule has 3 heterocycles. The highest BCUT2D eigenvalue weighted by atomic mass is 16.5. The van der Waals surface area contributed by atoms with Crippen molar-refractivity contribution in [2.75, 3.05) is 26.0 Å². The zero-order chi connectivity index (χ0) is 32.4. The molecule has 14 nitrogen and oxygen atoms in total. The van der Waals surface area contributed by atoms with Crippen molar-refractivity contribution >= 4 is 40.5 Å². The van der Waals surface area contributed by atoms with Crippen LogP contribution in [0.4, 0.5) is 15.3 Å². The number of esters is 1. The number of ether oxygens (including phenoxy) is 1. The molecule has 0 radical (unpaired) electrons. The van der Waals surface area contributed by atoms with Crippen molar-refractivity contribution < 1.29 is 19.1 Å². The maximum absolute atomic E-state index is 13.8. The van der Waals surface area contributed by atoms with Crippen LogP contribution in [0.3, 0.4) is 0 Å². The van der Waals surface area contributed by atoms with Crippen molar-refractivity contribution in [2.45, 2.75) is 13.5 Å². The zero-order valence-electron chi connectivity index (χ0n) is 25.0. The van der Waals surface area contributed by atoms with Crippen molar-refractivity contribution in [1.82, 2.24) is 24.5 Å². The number of rotatable bonds is 8. The van der Waals surface area contributed by atoms with Crippen LogP contribution >= 0.6 is 0 Å². The highest BCUT2D eigenvalue weighted by Crippen LogP contribution is 2.26. The van der Waals surface area contributed by atoms with Crippen LogP contribution in [0.1, 0.15) is 28.5 Å². The first kappa shape index (κ1) is 29.9. The molecule has 230 valence electrons. The van der Waals surface area contributed by atoms with Crippen LogP contribution in [-0.4, -0.2) is 69.0 Å². The number of urea groups is 1. The normalized spacial score (nSPS) is 12.5. The number of hydrogen-bond acceptors (Lipinski definition) is 9. The summed E-state index contributed by atoms with van der Waals surface area (Å²) in [5, 5.41) is 18.4. The number of amidine groups is 1. The number of anilines is 1. The van der Waals surface area contributed by atoms with Crippen molar-refractivity contribution in [3.8, 4) is 16.8 Å². The smallest absolute Gasteiger partial charge is 0.387 e. The molecule has 0 spiro atoms. The predicted octanol–water partition coefficient (Wildman–Crippen LogP) is 4.90. The number of hydrogen-bond donors (Lipinski definition) is 1. The monoisotopic (exact) mass is 617 g/mol. The minimum Gasteiger partial charge on any atom is -0.461 e. The van der Waals surface area contributed by atoms with Gasteiger partial charge in [-0.05, 0) is 62.0 Å². The Hall–Kier alpha value is -6.15. The predicted molar refractivity (Wildman–Crippen MR) is 170 cm³/mol. The van der Waals surface area contributed by atoms with Crippen LogP contribution in [0.15, 0.2) is 99.0 Å². The fourth-order valence-corrected chi connectivity index (χ4v) is 5.02. The van der Waals surface area contributed by atoms with Crippen LogP contribution in [0.25, 0.3) is 27.7 Å². The minimum absolute atomic E-state index is 0.0778. The van der Waals surface area contributed by atoms with Crippen LogP contribution < -0.4 is 10.9 Å². The van der Waals surface area contributed by atoms with E-state index in [1.807, 2.05) is 44.4 Å². The summed E-state index contributed by atoms with van der Waals surface area (Å²) in [4.78, 5) is 57.3. The van der Waals surface area contributed by atoms with Gasteiger partial charge in [0, 0.05) is 17.8 Å². The lowest BCUT2D eigenvalue weighted by molar-refractivity contribution is 0.0521. The van der Waals surface area contributed by atoms with Crippen molar-refractivity contribution in [3.05, 3.63) is 106 Å². The molecule has 1 N–H and O–H groups in total. The Morgan fingerprint density at radius 2 is 1.72 bits per heavy atom. The van der Waals surface area contributed by atoms with E-state index in [4.69, 9.17) is 4.74 Å². The maximum atomic E-state index is 13.8. The Morgan fingerprint density at radius 3 is 2.43 bits per heavy atom. The highest BCUT2D eigenvalue weighted by Gasteiger charge is 2.25. The van der Waals surface area contributed by atoms with E-state index in [0.717, 1.165) is 23.2 Å². The largest absolute Gasteiger partial charge is 0.461 e. The molecule has 5 aromatic rings. The van der Waals surface area contributed by atoms with Gasteiger partial charge in [-0.1, -0.05) is 53.6 Å². The number of fused-ring (bicyclic) bond motifs is 1. The topological polar surface area (TPSA) is 166 Å². The van der Waals surface area contributed by atoms with Gasteiger partial charge in [-0.25, -0.2) is 19.1 Å². The molecule has 14 heteroatoms. The van der Waals surface area contributed by atoms with Crippen LogP contribution in [0.5, 0.6) is 0 Å². The minimum atomic E-state index is -0.828. The number of aromatic nitrogens is 4. The van der Waals surface area contributed by atoms with E-state index < -0.39 is 23.6 Å². The number of amides is 3. The van der Waals surface area contributed by atoms with E-state index in [1.54, 1.807) is 43.3 Å². The molecule has 3 aromatic carbocycles. The van der Waals surface area contributed by atoms with Gasteiger partial charge in [0.15, 0.2) is 11.5 Å². The first-order chi connectivity index (χ1) is 22.2. The quantitative estimate of drug-likeness (QED) is 0.240. The Bertz CT molecular complexity index is 2130. The Labute approximate surface area is 261 Å². The van der Waals surface area contributed by atoms with Gasteiger partial charge in [0.25, 0.3) is 0 Å². The summed E-state index contributed by atoms with van der Waals surface area (Å²) >= 11 is 0. The number of nitrogens with one attached hydrogen (secondary N) is 1. The van der Waals surface area contributed by atoms with E-state index in [1.165, 1.54) is 10.9 Å². The SMILES string of the molecule is CCOC(=O)c1nn(-c2cccc(C3=NC(=O)N=N3)c2)c2c(=O)n(C(=O)Nc3ccc(-c4ccccc4CN(C)C)cc3)ncc12. The fraction of sp³-hybridized carbons (Fsp3) is 0.156. The third kappa shape index (κ3) is 5.84. The summed E-state index contributed by atoms with van der Waals surface area (Å²) in [5.41, 5.74) is 3.33. The summed E-state index contributed by atoms with van der Waals surface area (Å²) in [6.07, 6.45) is 1.22. The van der Waals surface area contributed by atoms with Gasteiger partial charge in [-0.2, -0.15) is 15.2 Å². The molecule has 2 aromatic heterocycles. The molecular formula is C32H27N9O5. The molecular weight excluding hydrogens is 590 g/mol. The molecule has 0 saturated heterocycles. The summed E-state index contributed by atoms with van der Waals surface area (Å²) in [6.45, 7) is 2.49. The van der Waals surface area contributed by atoms with Crippen LogP contribution in [0, 0.1) is 0 Å². The van der Waals surface area contributed by atoms with Gasteiger partial charge in [0.1, 0.15) is 5.52 Å². The van der Waals surface area contributed by atoms with Gasteiger partial charge in [0.05, 0.1) is 23.9 Å². The number of aliphatic imine (C=N–C) groups is 1. The number of azo groups is 1. The molecule has 6 rings (SSSR count). The first-order valence-electron chi connectivity index (χ1n) is 14.2. The first-order valence-corrected chi connectivity index (χ1v) is 14.2. The molecule has 0 saturated carbocycles. The van der Waals surface area contributed by atoms with Gasteiger partial charge in [-0.3, -0.25) is 4.79 Å². The summed E-state index contributed by atoms with van der Waals surface area (Å²) < 4.78 is 7.03. The number of benzene rings is 3. The Balaban J connectivity index is 1.36. The molecule has 46 heavy (non-hydrogen) atoms. The summed E-state index contributed by atoms with van der Waals surface area (Å²) in [5.74, 6) is -0.683. The molecule has 0 unspecified atom stereocenters. The highest BCUT2D eigenvalue weighted by molar-refractivity contribution is 6.08. The fourth-order valence-electron chi connectivity index (χ4n) is 5.02. The maximum Gasteiger partial charge on any atom is 0.387 e. The number of carbonyl (C=O) groups is 3. The van der Waals surface area contributed by atoms with Crippen LogP contribution in [-0.2, 0) is 11.3 Å². The van der Waals surface area contributed by atoms with E-state index >= 15 is 0 Å². The number of carbonyl (C=O) groups excluding carboxylic acids is 3. The molecule has 1 aliphatic heterocycles. The molecule has 1 aliphatic rings. The van der Waals surface area contributed by atoms with Crippen molar-refractivity contribution in [2.24, 2.45) is 15.2 Å². The second kappa shape index (κ2) is 12.5. The average Bonchev–Trinajstić information content (AvgIpc) is 3.66. The van der Waals surface area contributed by atoms with Gasteiger partial charge in [0.2, 0.25) is 0 Å². The van der Waals surface area contributed by atoms with Gasteiger partial charge >= 0.3 is 23.6 Å². The molecule has 3 amide bonds. The zero-order valence-corrected chi connectivity index (χ0v) is 25.0. The van der Waals surface area contributed by atoms with Crippen molar-refractivity contribution in [1.29, 1.82) is 0 Å². The number of nitrogens with zero attached hydrogens (tertiary/aromatic N) is 8. The second-order valence-corrected chi connectivity index (χ2v) is 10.5. The molecule has 0 aliphatic carbocycles. The van der Waals surface area contributed by atoms with E-state index in [-0.39, 0.29) is 29.0 Å². The van der Waals surface area contributed by atoms with Gasteiger partial charge < -0.3 is 15.0 Å². The Kier molecular flexibility index (Phi) is 8.10. The van der Waals surface area contributed by atoms with Gasteiger partial charge in [-0.15, -0.1) is 9.80 Å². The third-order valence-corrected chi connectivity index (χ3v) is 7.01. The summed E-state index contributed by atoms with van der Waals surface area (Å²) in [7, 11) is 4.01. The molecule has 0 bridgehead atoms.